The minimum Gasteiger partial charge on any atom is -0.360 e. The molecule has 0 atom stereocenters. The number of hydrogen-bond donors (Lipinski definition) is 3. The van der Waals surface area contributed by atoms with Crippen molar-refractivity contribution in [1.29, 1.82) is 0 Å². The van der Waals surface area contributed by atoms with E-state index in [0.29, 0.717) is 0 Å². The summed E-state index contributed by atoms with van der Waals surface area (Å²) in [4.78, 5) is 8.74. The molecule has 0 amide bonds. The molecule has 0 radical (unpaired) electrons. The van der Waals surface area contributed by atoms with E-state index < -0.39 is 0 Å². The lowest BCUT2D eigenvalue weighted by molar-refractivity contribution is 0.731. The van der Waals surface area contributed by atoms with Crippen LogP contribution in [0.15, 0.2) is 29.3 Å². The number of unbranched alkanes of at least 4 members (excludes halogenated alkanes) is 1. The van der Waals surface area contributed by atoms with E-state index >= 15 is 0 Å². The maximum absolute atomic E-state index is 4.54. The van der Waals surface area contributed by atoms with E-state index in [-0.39, 0.29) is 24.0 Å². The molecular formula is C15H24IN5S. The molecule has 1 heterocycles. The minimum absolute atomic E-state index is 0. The predicted octanol–water partition coefficient (Wildman–Crippen LogP) is 3.29. The van der Waals surface area contributed by atoms with Crippen LogP contribution in [0.1, 0.15) is 19.8 Å². The Hall–Kier alpha value is -1.09. The fourth-order valence-electron chi connectivity index (χ4n) is 1.90. The van der Waals surface area contributed by atoms with E-state index in [9.17, 15) is 0 Å². The fourth-order valence-corrected chi connectivity index (χ4v) is 2.79. The maximum atomic E-state index is 4.54. The summed E-state index contributed by atoms with van der Waals surface area (Å²) in [6.07, 6.45) is 2.34. The van der Waals surface area contributed by atoms with Crippen LogP contribution >= 0.6 is 35.3 Å². The van der Waals surface area contributed by atoms with Gasteiger partial charge in [0.1, 0.15) is 0 Å². The van der Waals surface area contributed by atoms with Gasteiger partial charge in [-0.2, -0.15) is 0 Å². The third-order valence-corrected chi connectivity index (χ3v) is 4.03. The van der Waals surface area contributed by atoms with Gasteiger partial charge in [0.15, 0.2) is 11.1 Å². The molecule has 0 aliphatic heterocycles. The van der Waals surface area contributed by atoms with Crippen LogP contribution in [0, 0.1) is 0 Å². The van der Waals surface area contributed by atoms with Crippen LogP contribution in [0.25, 0.3) is 10.2 Å². The second-order valence-electron chi connectivity index (χ2n) is 4.69. The zero-order valence-electron chi connectivity index (χ0n) is 13.1. The van der Waals surface area contributed by atoms with Gasteiger partial charge in [0.2, 0.25) is 0 Å². The first-order valence-electron chi connectivity index (χ1n) is 7.37. The number of nitrogens with zero attached hydrogens (tertiary/aromatic N) is 2. The number of nitrogens with one attached hydrogen (secondary N) is 3. The summed E-state index contributed by atoms with van der Waals surface area (Å²) >= 11 is 1.68. The summed E-state index contributed by atoms with van der Waals surface area (Å²) in [6.45, 7) is 4.76. The third-order valence-electron chi connectivity index (χ3n) is 3.03. The molecule has 0 bridgehead atoms. The van der Waals surface area contributed by atoms with E-state index in [4.69, 9.17) is 0 Å². The number of fused-ring (bicyclic) bond motifs is 1. The van der Waals surface area contributed by atoms with Crippen LogP contribution in [0.2, 0.25) is 0 Å². The molecule has 1 aromatic carbocycles. The molecule has 7 heteroatoms. The van der Waals surface area contributed by atoms with Gasteiger partial charge in [0.25, 0.3) is 0 Å². The SMILES string of the molecule is CCCCNC(=NC)NCCNc1nc2ccccc2s1.I. The summed E-state index contributed by atoms with van der Waals surface area (Å²) in [6, 6.07) is 8.18. The monoisotopic (exact) mass is 433 g/mol. The molecule has 0 unspecified atom stereocenters. The molecule has 122 valence electrons. The number of aromatic nitrogens is 1. The standard InChI is InChI=1S/C15H23N5S.HI/c1-3-4-9-17-14(16-2)18-10-11-19-15-20-12-7-5-6-8-13(12)21-15;/h5-8H,3-4,9-11H2,1-2H3,(H,19,20)(H2,16,17,18);1H. The third kappa shape index (κ3) is 5.96. The number of anilines is 1. The Labute approximate surface area is 153 Å². The number of guanidine groups is 1. The van der Waals surface area contributed by atoms with Gasteiger partial charge in [-0.25, -0.2) is 4.98 Å². The van der Waals surface area contributed by atoms with Gasteiger partial charge < -0.3 is 16.0 Å². The average molecular weight is 433 g/mol. The van der Waals surface area contributed by atoms with Crippen LogP contribution in [0.4, 0.5) is 5.13 Å². The Morgan fingerprint density at radius 1 is 1.18 bits per heavy atom. The summed E-state index contributed by atoms with van der Waals surface area (Å²) in [5.41, 5.74) is 1.05. The van der Waals surface area contributed by atoms with Crippen LogP contribution in [-0.4, -0.2) is 37.6 Å². The molecule has 0 saturated carbocycles. The van der Waals surface area contributed by atoms with Crippen molar-refractivity contribution in [3.8, 4) is 0 Å². The fraction of sp³-hybridized carbons (Fsp3) is 0.467. The molecule has 0 fully saturated rings. The number of para-hydroxylation sites is 1. The minimum atomic E-state index is 0. The lowest BCUT2D eigenvalue weighted by Crippen LogP contribution is -2.39. The number of aliphatic imine (C=N–C) groups is 1. The second kappa shape index (κ2) is 10.6. The van der Waals surface area contributed by atoms with E-state index in [1.54, 1.807) is 18.4 Å². The molecule has 0 saturated heterocycles. The Bertz CT molecular complexity index is 551. The first-order chi connectivity index (χ1) is 10.3. The molecule has 5 nitrogen and oxygen atoms in total. The highest BCUT2D eigenvalue weighted by molar-refractivity contribution is 14.0. The molecule has 0 aliphatic rings. The Kier molecular flexibility index (Phi) is 9.14. The quantitative estimate of drug-likeness (QED) is 0.272. The summed E-state index contributed by atoms with van der Waals surface area (Å²) in [5, 5.41) is 10.9. The number of benzene rings is 1. The average Bonchev–Trinajstić information content (AvgIpc) is 2.92. The van der Waals surface area contributed by atoms with Gasteiger partial charge in [-0.1, -0.05) is 36.8 Å². The van der Waals surface area contributed by atoms with Gasteiger partial charge in [-0.3, -0.25) is 4.99 Å². The van der Waals surface area contributed by atoms with Crippen molar-refractivity contribution >= 4 is 56.6 Å². The molecule has 2 aromatic rings. The Morgan fingerprint density at radius 3 is 2.68 bits per heavy atom. The zero-order chi connectivity index (χ0) is 14.9. The van der Waals surface area contributed by atoms with Crippen molar-refractivity contribution in [2.24, 2.45) is 4.99 Å². The Balaban J connectivity index is 0.00000242. The van der Waals surface area contributed by atoms with Crippen molar-refractivity contribution in [3.63, 3.8) is 0 Å². The van der Waals surface area contributed by atoms with Gasteiger partial charge in [0.05, 0.1) is 10.2 Å². The number of halogens is 1. The summed E-state index contributed by atoms with van der Waals surface area (Å²) < 4.78 is 1.21. The first kappa shape index (κ1) is 19.0. The van der Waals surface area contributed by atoms with Crippen LogP contribution < -0.4 is 16.0 Å². The van der Waals surface area contributed by atoms with Crippen LogP contribution in [-0.2, 0) is 0 Å². The molecule has 0 aliphatic carbocycles. The van der Waals surface area contributed by atoms with Crippen LogP contribution in [0.5, 0.6) is 0 Å². The van der Waals surface area contributed by atoms with Crippen molar-refractivity contribution < 1.29 is 0 Å². The van der Waals surface area contributed by atoms with Crippen molar-refractivity contribution in [3.05, 3.63) is 24.3 Å². The highest BCUT2D eigenvalue weighted by Gasteiger charge is 2.02. The number of rotatable bonds is 7. The largest absolute Gasteiger partial charge is 0.360 e. The van der Waals surface area contributed by atoms with Gasteiger partial charge in [0, 0.05) is 26.7 Å². The maximum Gasteiger partial charge on any atom is 0.191 e. The number of hydrogen-bond acceptors (Lipinski definition) is 4. The van der Waals surface area contributed by atoms with Crippen LogP contribution in [0.3, 0.4) is 0 Å². The van der Waals surface area contributed by atoms with Gasteiger partial charge in [-0.15, -0.1) is 24.0 Å². The van der Waals surface area contributed by atoms with Crippen molar-refractivity contribution in [2.75, 3.05) is 32.0 Å². The van der Waals surface area contributed by atoms with E-state index in [2.05, 4.69) is 38.9 Å². The predicted molar refractivity (Wildman–Crippen MR) is 108 cm³/mol. The molecule has 0 spiro atoms. The first-order valence-corrected chi connectivity index (χ1v) is 8.19. The lowest BCUT2D eigenvalue weighted by atomic mass is 10.3. The smallest absolute Gasteiger partial charge is 0.191 e. The Morgan fingerprint density at radius 2 is 1.95 bits per heavy atom. The topological polar surface area (TPSA) is 61.3 Å². The highest BCUT2D eigenvalue weighted by atomic mass is 127. The zero-order valence-corrected chi connectivity index (χ0v) is 16.2. The van der Waals surface area contributed by atoms with Crippen molar-refractivity contribution in [2.45, 2.75) is 19.8 Å². The van der Waals surface area contributed by atoms with Gasteiger partial charge in [-0.05, 0) is 18.6 Å². The molecule has 2 rings (SSSR count). The normalized spacial score (nSPS) is 11.1. The highest BCUT2D eigenvalue weighted by Crippen LogP contribution is 2.24. The lowest BCUT2D eigenvalue weighted by Gasteiger charge is -2.11. The summed E-state index contributed by atoms with van der Waals surface area (Å²) in [7, 11) is 1.79. The summed E-state index contributed by atoms with van der Waals surface area (Å²) in [5.74, 6) is 0.856. The van der Waals surface area contributed by atoms with E-state index in [1.807, 2.05) is 18.2 Å². The van der Waals surface area contributed by atoms with Crippen molar-refractivity contribution in [1.82, 2.24) is 15.6 Å². The molecular weight excluding hydrogens is 409 g/mol. The number of thiazole rings is 1. The molecule has 1 aromatic heterocycles. The molecule has 3 N–H and O–H groups in total. The van der Waals surface area contributed by atoms with E-state index in [0.717, 1.165) is 42.7 Å². The van der Waals surface area contributed by atoms with E-state index in [1.165, 1.54) is 11.1 Å². The van der Waals surface area contributed by atoms with Gasteiger partial charge >= 0.3 is 0 Å². The second-order valence-corrected chi connectivity index (χ2v) is 5.72. The molecule has 22 heavy (non-hydrogen) atoms.